The molecule has 1 amide bonds. The first kappa shape index (κ1) is 15.6. The highest BCUT2D eigenvalue weighted by molar-refractivity contribution is 9.10. The topological polar surface area (TPSA) is 38.3 Å². The summed E-state index contributed by atoms with van der Waals surface area (Å²) in [4.78, 5) is 11.9. The Morgan fingerprint density at radius 2 is 1.76 bits per heavy atom. The standard InChI is InChI=1S/C17H18BrNO2/c1-21-16-10-4-13(5-11-16)3-2-12-19-17(20)14-6-8-15(18)9-7-14/h4-11H,2-3,12H2,1H3,(H,19,20). The SMILES string of the molecule is COc1ccc(CCCNC(=O)c2ccc(Br)cc2)cc1. The van der Waals surface area contributed by atoms with Crippen LogP contribution in [-0.2, 0) is 6.42 Å². The van der Waals surface area contributed by atoms with E-state index in [1.807, 2.05) is 36.4 Å². The number of aryl methyl sites for hydroxylation is 1. The predicted octanol–water partition coefficient (Wildman–Crippen LogP) is 3.82. The van der Waals surface area contributed by atoms with Crippen LogP contribution in [0.5, 0.6) is 5.75 Å². The van der Waals surface area contributed by atoms with Crippen molar-refractivity contribution in [2.75, 3.05) is 13.7 Å². The van der Waals surface area contributed by atoms with Gasteiger partial charge < -0.3 is 10.1 Å². The maximum Gasteiger partial charge on any atom is 0.251 e. The van der Waals surface area contributed by atoms with E-state index < -0.39 is 0 Å². The lowest BCUT2D eigenvalue weighted by Gasteiger charge is -2.06. The number of hydrogen-bond donors (Lipinski definition) is 1. The highest BCUT2D eigenvalue weighted by Gasteiger charge is 2.04. The number of carbonyl (C=O) groups excluding carboxylic acids is 1. The summed E-state index contributed by atoms with van der Waals surface area (Å²) in [6.45, 7) is 0.668. The first-order valence-corrected chi connectivity index (χ1v) is 7.65. The molecule has 0 aliphatic carbocycles. The Morgan fingerprint density at radius 1 is 1.10 bits per heavy atom. The highest BCUT2D eigenvalue weighted by Crippen LogP contribution is 2.12. The van der Waals surface area contributed by atoms with E-state index in [0.717, 1.165) is 23.1 Å². The van der Waals surface area contributed by atoms with Gasteiger partial charge in [0.25, 0.3) is 5.91 Å². The fraction of sp³-hybridized carbons (Fsp3) is 0.235. The molecule has 4 heteroatoms. The normalized spacial score (nSPS) is 10.2. The molecule has 0 bridgehead atoms. The van der Waals surface area contributed by atoms with Crippen LogP contribution in [-0.4, -0.2) is 19.6 Å². The predicted molar refractivity (Wildman–Crippen MR) is 87.8 cm³/mol. The second-order valence-corrected chi connectivity index (χ2v) is 5.63. The van der Waals surface area contributed by atoms with Crippen molar-refractivity contribution in [3.05, 3.63) is 64.1 Å². The molecule has 2 rings (SSSR count). The van der Waals surface area contributed by atoms with Crippen LogP contribution < -0.4 is 10.1 Å². The summed E-state index contributed by atoms with van der Waals surface area (Å²) >= 11 is 3.35. The maximum atomic E-state index is 11.9. The molecule has 3 nitrogen and oxygen atoms in total. The Hall–Kier alpha value is -1.81. The van der Waals surface area contributed by atoms with Crippen LogP contribution in [0.15, 0.2) is 53.0 Å². The summed E-state index contributed by atoms with van der Waals surface area (Å²) < 4.78 is 6.09. The number of methoxy groups -OCH3 is 1. The maximum absolute atomic E-state index is 11.9. The molecule has 0 aromatic heterocycles. The Bertz CT molecular complexity index is 579. The molecule has 0 saturated carbocycles. The number of halogens is 1. The minimum Gasteiger partial charge on any atom is -0.497 e. The van der Waals surface area contributed by atoms with Crippen LogP contribution in [0.2, 0.25) is 0 Å². The fourth-order valence-electron chi connectivity index (χ4n) is 1.99. The van der Waals surface area contributed by atoms with Crippen LogP contribution in [0.1, 0.15) is 22.3 Å². The van der Waals surface area contributed by atoms with Crippen molar-refractivity contribution in [2.45, 2.75) is 12.8 Å². The molecule has 0 atom stereocenters. The largest absolute Gasteiger partial charge is 0.497 e. The quantitative estimate of drug-likeness (QED) is 0.806. The lowest BCUT2D eigenvalue weighted by atomic mass is 10.1. The third kappa shape index (κ3) is 4.90. The highest BCUT2D eigenvalue weighted by atomic mass is 79.9. The molecular formula is C17H18BrNO2. The molecule has 2 aromatic rings. The van der Waals surface area contributed by atoms with Crippen molar-refractivity contribution >= 4 is 21.8 Å². The van der Waals surface area contributed by atoms with Gasteiger partial charge in [-0.15, -0.1) is 0 Å². The Labute approximate surface area is 133 Å². The van der Waals surface area contributed by atoms with E-state index in [0.29, 0.717) is 12.1 Å². The molecule has 0 aliphatic heterocycles. The monoisotopic (exact) mass is 347 g/mol. The number of hydrogen-bond acceptors (Lipinski definition) is 2. The Balaban J connectivity index is 1.73. The van der Waals surface area contributed by atoms with Gasteiger partial charge >= 0.3 is 0 Å². The first-order valence-electron chi connectivity index (χ1n) is 6.86. The molecular weight excluding hydrogens is 330 g/mol. The third-order valence-corrected chi connectivity index (χ3v) is 3.72. The van der Waals surface area contributed by atoms with Gasteiger partial charge in [-0.2, -0.15) is 0 Å². The molecule has 0 fully saturated rings. The zero-order chi connectivity index (χ0) is 15.1. The van der Waals surface area contributed by atoms with Gasteiger partial charge in [-0.25, -0.2) is 0 Å². The number of carbonyl (C=O) groups is 1. The minimum atomic E-state index is -0.0303. The van der Waals surface area contributed by atoms with Gasteiger partial charge in [-0.3, -0.25) is 4.79 Å². The van der Waals surface area contributed by atoms with E-state index in [4.69, 9.17) is 4.74 Å². The number of ether oxygens (including phenoxy) is 1. The number of benzene rings is 2. The van der Waals surface area contributed by atoms with Crippen LogP contribution in [0, 0.1) is 0 Å². The molecule has 0 unspecified atom stereocenters. The summed E-state index contributed by atoms with van der Waals surface area (Å²) in [5.74, 6) is 0.833. The molecule has 0 heterocycles. The molecule has 0 saturated heterocycles. The smallest absolute Gasteiger partial charge is 0.251 e. The van der Waals surface area contributed by atoms with E-state index in [9.17, 15) is 4.79 Å². The Kier molecular flexibility index (Phi) is 5.81. The van der Waals surface area contributed by atoms with E-state index in [2.05, 4.69) is 33.4 Å². The van der Waals surface area contributed by atoms with Gasteiger partial charge in [-0.05, 0) is 54.8 Å². The van der Waals surface area contributed by atoms with Crippen molar-refractivity contribution < 1.29 is 9.53 Å². The zero-order valence-corrected chi connectivity index (χ0v) is 13.5. The van der Waals surface area contributed by atoms with Crippen LogP contribution >= 0.6 is 15.9 Å². The van der Waals surface area contributed by atoms with E-state index in [-0.39, 0.29) is 5.91 Å². The van der Waals surface area contributed by atoms with Crippen molar-refractivity contribution in [1.82, 2.24) is 5.32 Å². The molecule has 2 aromatic carbocycles. The second-order valence-electron chi connectivity index (χ2n) is 4.71. The summed E-state index contributed by atoms with van der Waals surface area (Å²) in [6.07, 6.45) is 1.85. The summed E-state index contributed by atoms with van der Waals surface area (Å²) in [5, 5.41) is 2.93. The Morgan fingerprint density at radius 3 is 2.38 bits per heavy atom. The molecule has 110 valence electrons. The second kappa shape index (κ2) is 7.84. The van der Waals surface area contributed by atoms with Crippen LogP contribution in [0.4, 0.5) is 0 Å². The first-order chi connectivity index (χ1) is 10.2. The average molecular weight is 348 g/mol. The van der Waals surface area contributed by atoms with E-state index in [1.54, 1.807) is 7.11 Å². The summed E-state index contributed by atoms with van der Waals surface area (Å²) in [6, 6.07) is 15.4. The van der Waals surface area contributed by atoms with Crippen LogP contribution in [0.3, 0.4) is 0 Å². The summed E-state index contributed by atoms with van der Waals surface area (Å²) in [5.41, 5.74) is 1.93. The van der Waals surface area contributed by atoms with Gasteiger partial charge in [0.2, 0.25) is 0 Å². The summed E-state index contributed by atoms with van der Waals surface area (Å²) in [7, 11) is 1.66. The van der Waals surface area contributed by atoms with Gasteiger partial charge in [0.05, 0.1) is 7.11 Å². The van der Waals surface area contributed by atoms with Gasteiger partial charge in [-0.1, -0.05) is 28.1 Å². The number of rotatable bonds is 6. The van der Waals surface area contributed by atoms with Crippen molar-refractivity contribution in [2.24, 2.45) is 0 Å². The average Bonchev–Trinajstić information content (AvgIpc) is 2.52. The lowest BCUT2D eigenvalue weighted by molar-refractivity contribution is 0.0953. The molecule has 0 radical (unpaired) electrons. The fourth-order valence-corrected chi connectivity index (χ4v) is 2.25. The van der Waals surface area contributed by atoms with E-state index in [1.165, 1.54) is 5.56 Å². The van der Waals surface area contributed by atoms with E-state index >= 15 is 0 Å². The molecule has 1 N–H and O–H groups in total. The molecule has 0 aliphatic rings. The van der Waals surface area contributed by atoms with Crippen molar-refractivity contribution in [3.63, 3.8) is 0 Å². The molecule has 0 spiro atoms. The molecule has 21 heavy (non-hydrogen) atoms. The zero-order valence-electron chi connectivity index (χ0n) is 11.9. The van der Waals surface area contributed by atoms with Gasteiger partial charge in [0.1, 0.15) is 5.75 Å². The minimum absolute atomic E-state index is 0.0303. The van der Waals surface area contributed by atoms with Crippen molar-refractivity contribution in [1.29, 1.82) is 0 Å². The number of amides is 1. The van der Waals surface area contributed by atoms with Crippen molar-refractivity contribution in [3.8, 4) is 5.75 Å². The van der Waals surface area contributed by atoms with Gasteiger partial charge in [0.15, 0.2) is 0 Å². The van der Waals surface area contributed by atoms with Crippen LogP contribution in [0.25, 0.3) is 0 Å². The van der Waals surface area contributed by atoms with Gasteiger partial charge in [0, 0.05) is 16.6 Å². The number of nitrogens with one attached hydrogen (secondary N) is 1. The third-order valence-electron chi connectivity index (χ3n) is 3.19. The lowest BCUT2D eigenvalue weighted by Crippen LogP contribution is -2.24.